The van der Waals surface area contributed by atoms with E-state index >= 15 is 0 Å². The molecule has 0 aromatic carbocycles. The summed E-state index contributed by atoms with van der Waals surface area (Å²) in [6, 6.07) is 8.03. The summed E-state index contributed by atoms with van der Waals surface area (Å²) in [7, 11) is 0. The van der Waals surface area contributed by atoms with Crippen LogP contribution in [0.3, 0.4) is 0 Å². The molecule has 2 aliphatic rings. The van der Waals surface area contributed by atoms with Gasteiger partial charge in [-0.1, -0.05) is 6.07 Å². The molecule has 0 radical (unpaired) electrons. The van der Waals surface area contributed by atoms with Gasteiger partial charge >= 0.3 is 0 Å². The Labute approximate surface area is 148 Å². The van der Waals surface area contributed by atoms with Gasteiger partial charge in [0.1, 0.15) is 5.60 Å². The summed E-state index contributed by atoms with van der Waals surface area (Å²) in [4.78, 5) is 6.36. The summed E-state index contributed by atoms with van der Waals surface area (Å²) in [6.07, 6.45) is 5.79. The third-order valence-electron chi connectivity index (χ3n) is 5.23. The third-order valence-corrected chi connectivity index (χ3v) is 5.23. The summed E-state index contributed by atoms with van der Waals surface area (Å²) in [6.45, 7) is 5.99. The summed E-state index contributed by atoms with van der Waals surface area (Å²) < 4.78 is 12.0. The minimum absolute atomic E-state index is 0.0236. The van der Waals surface area contributed by atoms with Gasteiger partial charge in [0.15, 0.2) is 5.82 Å². The van der Waals surface area contributed by atoms with Crippen molar-refractivity contribution in [2.45, 2.75) is 32.0 Å². The molecule has 2 aliphatic heterocycles. The van der Waals surface area contributed by atoms with E-state index in [2.05, 4.69) is 20.1 Å². The summed E-state index contributed by atoms with van der Waals surface area (Å²) >= 11 is 0. The smallest absolute Gasteiger partial charge is 0.151 e. The maximum absolute atomic E-state index is 6.12. The Morgan fingerprint density at radius 3 is 2.96 bits per heavy atom. The number of nitrogens with zero attached hydrogens (tertiary/aromatic N) is 4. The maximum atomic E-state index is 6.12. The van der Waals surface area contributed by atoms with Crippen LogP contribution in [0.4, 0.5) is 5.82 Å². The van der Waals surface area contributed by atoms with E-state index in [0.29, 0.717) is 12.5 Å². The van der Waals surface area contributed by atoms with Crippen LogP contribution in [0.25, 0.3) is 0 Å². The first-order valence-electron chi connectivity index (χ1n) is 8.91. The molecule has 0 N–H and O–H groups in total. The number of rotatable bonds is 6. The van der Waals surface area contributed by atoms with Crippen LogP contribution < -0.4 is 4.90 Å². The van der Waals surface area contributed by atoms with E-state index in [-0.39, 0.29) is 5.60 Å². The van der Waals surface area contributed by atoms with Crippen molar-refractivity contribution in [1.29, 1.82) is 0 Å². The summed E-state index contributed by atoms with van der Waals surface area (Å²) in [5, 5.41) is 8.43. The quantitative estimate of drug-likeness (QED) is 0.753. The first-order valence-corrected chi connectivity index (χ1v) is 8.91. The van der Waals surface area contributed by atoms with Crippen molar-refractivity contribution in [2.24, 2.45) is 5.92 Å². The highest BCUT2D eigenvalue weighted by Gasteiger charge is 2.53. The predicted octanol–water partition coefficient (Wildman–Crippen LogP) is 2.38. The third kappa shape index (κ3) is 3.50. The van der Waals surface area contributed by atoms with Gasteiger partial charge in [0.25, 0.3) is 0 Å². The highest BCUT2D eigenvalue weighted by Crippen LogP contribution is 2.42. The van der Waals surface area contributed by atoms with Gasteiger partial charge in [-0.25, -0.2) is 0 Å². The van der Waals surface area contributed by atoms with Gasteiger partial charge in [-0.3, -0.25) is 4.98 Å². The SMILES string of the molecule is Cc1ccc(N2CC3(C2)OCCC3CCOCc2cccnc2)nn1. The molecule has 0 bridgehead atoms. The van der Waals surface area contributed by atoms with Crippen LogP contribution in [0.1, 0.15) is 24.1 Å². The maximum Gasteiger partial charge on any atom is 0.151 e. The highest BCUT2D eigenvalue weighted by molar-refractivity contribution is 5.43. The van der Waals surface area contributed by atoms with E-state index in [4.69, 9.17) is 9.47 Å². The minimum Gasteiger partial charge on any atom is -0.377 e. The fraction of sp³-hybridized carbons (Fsp3) is 0.526. The van der Waals surface area contributed by atoms with Crippen LogP contribution in [-0.4, -0.2) is 47.1 Å². The lowest BCUT2D eigenvalue weighted by atomic mass is 9.79. The van der Waals surface area contributed by atoms with E-state index < -0.39 is 0 Å². The molecule has 1 atom stereocenters. The number of aromatic nitrogens is 3. The molecule has 0 saturated carbocycles. The van der Waals surface area contributed by atoms with Crippen molar-refractivity contribution in [3.63, 3.8) is 0 Å². The molecule has 0 amide bonds. The second-order valence-corrected chi connectivity index (χ2v) is 6.99. The second-order valence-electron chi connectivity index (χ2n) is 6.99. The van der Waals surface area contributed by atoms with Gasteiger partial charge < -0.3 is 14.4 Å². The molecule has 2 aromatic heterocycles. The lowest BCUT2D eigenvalue weighted by Crippen LogP contribution is -2.65. The van der Waals surface area contributed by atoms with Crippen LogP contribution in [0.5, 0.6) is 0 Å². The first kappa shape index (κ1) is 16.4. The molecule has 4 rings (SSSR count). The molecule has 1 spiro atoms. The zero-order chi connectivity index (χ0) is 17.1. The zero-order valence-electron chi connectivity index (χ0n) is 14.6. The fourth-order valence-electron chi connectivity index (χ4n) is 3.76. The highest BCUT2D eigenvalue weighted by atomic mass is 16.5. The van der Waals surface area contributed by atoms with Crippen molar-refractivity contribution >= 4 is 5.82 Å². The topological polar surface area (TPSA) is 60.4 Å². The minimum atomic E-state index is -0.0236. The molecular formula is C19H24N4O2. The van der Waals surface area contributed by atoms with Crippen LogP contribution in [-0.2, 0) is 16.1 Å². The summed E-state index contributed by atoms with van der Waals surface area (Å²) in [5.74, 6) is 1.49. The second kappa shape index (κ2) is 7.06. The Morgan fingerprint density at radius 2 is 2.20 bits per heavy atom. The Balaban J connectivity index is 1.26. The molecular weight excluding hydrogens is 316 g/mol. The molecule has 6 heteroatoms. The van der Waals surface area contributed by atoms with Crippen LogP contribution in [0.2, 0.25) is 0 Å². The van der Waals surface area contributed by atoms with Crippen molar-refractivity contribution in [1.82, 2.24) is 15.2 Å². The van der Waals surface area contributed by atoms with E-state index in [0.717, 1.165) is 56.2 Å². The normalized spacial score (nSPS) is 21.5. The van der Waals surface area contributed by atoms with E-state index in [9.17, 15) is 0 Å². The Kier molecular flexibility index (Phi) is 4.63. The van der Waals surface area contributed by atoms with E-state index in [1.54, 1.807) is 6.20 Å². The molecule has 0 aliphatic carbocycles. The lowest BCUT2D eigenvalue weighted by molar-refractivity contribution is -0.0512. The summed E-state index contributed by atoms with van der Waals surface area (Å²) in [5.41, 5.74) is 2.04. The number of hydrogen-bond donors (Lipinski definition) is 0. The molecule has 2 saturated heterocycles. The molecule has 4 heterocycles. The Hall–Kier alpha value is -2.05. The molecule has 2 fully saturated rings. The van der Waals surface area contributed by atoms with Gasteiger partial charge in [-0.2, -0.15) is 5.10 Å². The van der Waals surface area contributed by atoms with Gasteiger partial charge in [0, 0.05) is 25.6 Å². The van der Waals surface area contributed by atoms with Crippen molar-refractivity contribution in [2.75, 3.05) is 31.2 Å². The standard InChI is InChI=1S/C19H24N4O2/c1-15-4-5-18(22-21-15)23-13-19(14-23)17(7-10-25-19)6-9-24-12-16-3-2-8-20-11-16/h2-5,8,11,17H,6-7,9-10,12-14H2,1H3. The zero-order valence-corrected chi connectivity index (χ0v) is 14.6. The number of ether oxygens (including phenoxy) is 2. The first-order chi connectivity index (χ1) is 12.3. The largest absolute Gasteiger partial charge is 0.377 e. The predicted molar refractivity (Wildman–Crippen MR) is 94.3 cm³/mol. The van der Waals surface area contributed by atoms with Crippen LogP contribution in [0, 0.1) is 12.8 Å². The van der Waals surface area contributed by atoms with Crippen molar-refractivity contribution < 1.29 is 9.47 Å². The number of pyridine rings is 1. The Morgan fingerprint density at radius 1 is 1.28 bits per heavy atom. The van der Waals surface area contributed by atoms with Crippen molar-refractivity contribution in [3.05, 3.63) is 47.9 Å². The average molecular weight is 340 g/mol. The molecule has 1 unspecified atom stereocenters. The number of anilines is 1. The van der Waals surface area contributed by atoms with E-state index in [1.807, 2.05) is 37.4 Å². The fourth-order valence-corrected chi connectivity index (χ4v) is 3.76. The number of aryl methyl sites for hydroxylation is 1. The van der Waals surface area contributed by atoms with Gasteiger partial charge in [-0.15, -0.1) is 5.10 Å². The Bertz CT molecular complexity index is 686. The van der Waals surface area contributed by atoms with Crippen LogP contribution >= 0.6 is 0 Å². The van der Waals surface area contributed by atoms with Gasteiger partial charge in [-0.05, 0) is 49.4 Å². The monoisotopic (exact) mass is 340 g/mol. The van der Waals surface area contributed by atoms with Crippen LogP contribution in [0.15, 0.2) is 36.7 Å². The molecule has 2 aromatic rings. The molecule has 132 valence electrons. The number of hydrogen-bond acceptors (Lipinski definition) is 6. The molecule has 25 heavy (non-hydrogen) atoms. The molecule has 6 nitrogen and oxygen atoms in total. The average Bonchev–Trinajstić information content (AvgIpc) is 3.03. The van der Waals surface area contributed by atoms with Gasteiger partial charge in [0.2, 0.25) is 0 Å². The van der Waals surface area contributed by atoms with Gasteiger partial charge in [0.05, 0.1) is 25.4 Å². The lowest BCUT2D eigenvalue weighted by Gasteiger charge is -2.50. The van der Waals surface area contributed by atoms with Crippen molar-refractivity contribution in [3.8, 4) is 0 Å². The van der Waals surface area contributed by atoms with E-state index in [1.165, 1.54) is 0 Å².